The van der Waals surface area contributed by atoms with Crippen molar-refractivity contribution in [3.8, 4) is 0 Å². The summed E-state index contributed by atoms with van der Waals surface area (Å²) in [6.07, 6.45) is 2.04. The summed E-state index contributed by atoms with van der Waals surface area (Å²) in [6.45, 7) is 13.0. The van der Waals surface area contributed by atoms with Crippen LogP contribution >= 0.6 is 0 Å². The zero-order valence-electron chi connectivity index (χ0n) is 10.9. The summed E-state index contributed by atoms with van der Waals surface area (Å²) in [5, 5.41) is 3.42. The maximum Gasteiger partial charge on any atom is 0.0414 e. The van der Waals surface area contributed by atoms with Crippen LogP contribution in [0, 0.1) is 5.41 Å². The highest BCUT2D eigenvalue weighted by molar-refractivity contribution is 5.54. The Morgan fingerprint density at radius 1 is 1.31 bits per heavy atom. The molecule has 0 aliphatic rings. The van der Waals surface area contributed by atoms with E-state index in [2.05, 4.69) is 63.9 Å². The molecule has 0 amide bonds. The smallest absolute Gasteiger partial charge is 0.0414 e. The van der Waals surface area contributed by atoms with Gasteiger partial charge in [0.25, 0.3) is 0 Å². The van der Waals surface area contributed by atoms with Crippen LogP contribution in [0.25, 0.3) is 0 Å². The molecular formula is C15H25N. The van der Waals surface area contributed by atoms with Gasteiger partial charge in [0.05, 0.1) is 0 Å². The van der Waals surface area contributed by atoms with Gasteiger partial charge < -0.3 is 5.32 Å². The summed E-state index contributed by atoms with van der Waals surface area (Å²) in [5.74, 6) is 0. The Morgan fingerprint density at radius 3 is 2.50 bits per heavy atom. The Morgan fingerprint density at radius 2 is 1.94 bits per heavy atom. The number of aryl methyl sites for hydroxylation is 1. The second-order valence-corrected chi connectivity index (χ2v) is 5.48. The Kier molecular flexibility index (Phi) is 4.17. The van der Waals surface area contributed by atoms with Gasteiger partial charge >= 0.3 is 0 Å². The topological polar surface area (TPSA) is 12.0 Å². The number of para-hydroxylation sites is 1. The highest BCUT2D eigenvalue weighted by Crippen LogP contribution is 2.25. The van der Waals surface area contributed by atoms with Crippen LogP contribution in [-0.2, 0) is 6.42 Å². The van der Waals surface area contributed by atoms with Crippen LogP contribution in [0.3, 0.4) is 0 Å². The van der Waals surface area contributed by atoms with Crippen LogP contribution in [0.15, 0.2) is 36.5 Å². The van der Waals surface area contributed by atoms with E-state index < -0.39 is 0 Å². The van der Waals surface area contributed by atoms with E-state index in [-0.39, 0.29) is 6.84 Å². The van der Waals surface area contributed by atoms with Crippen LogP contribution in [-0.4, -0.2) is 0 Å². The summed E-state index contributed by atoms with van der Waals surface area (Å²) in [6, 6.07) is 8.42. The first-order chi connectivity index (χ1) is 7.42. The fourth-order valence-corrected chi connectivity index (χ4v) is 1.83. The average molecular weight is 219 g/mol. The largest absolute Gasteiger partial charge is 0.359 e. The average Bonchev–Trinajstić information content (AvgIpc) is 2.15. The molecule has 1 N–H and O–H groups in total. The standard InChI is InChI=1S/C15H23N.H2/c1-6-13-9-7-8-10-14(13)16-12(2)11-15(3,4)5;/h7-10,16H,2,6,11H2,1,3-5H3;1H. The molecule has 1 aromatic rings. The fourth-order valence-electron chi connectivity index (χ4n) is 1.83. The van der Waals surface area contributed by atoms with Crippen molar-refractivity contribution < 1.29 is 1.43 Å². The zero-order chi connectivity index (χ0) is 12.2. The number of benzene rings is 1. The Hall–Kier alpha value is -1.24. The summed E-state index contributed by atoms with van der Waals surface area (Å²) >= 11 is 0. The third-order valence-electron chi connectivity index (χ3n) is 2.45. The molecule has 1 aromatic carbocycles. The van der Waals surface area contributed by atoms with Gasteiger partial charge in [-0.3, -0.25) is 0 Å². The number of allylic oxidation sites excluding steroid dienone is 1. The molecular weight excluding hydrogens is 194 g/mol. The van der Waals surface area contributed by atoms with Gasteiger partial charge in [0.2, 0.25) is 0 Å². The number of anilines is 1. The van der Waals surface area contributed by atoms with E-state index in [4.69, 9.17) is 0 Å². The molecule has 0 bridgehead atoms. The van der Waals surface area contributed by atoms with E-state index >= 15 is 0 Å². The normalized spacial score (nSPS) is 11.2. The van der Waals surface area contributed by atoms with Gasteiger partial charge in [-0.05, 0) is 29.9 Å². The molecule has 1 heteroatoms. The van der Waals surface area contributed by atoms with Crippen molar-refractivity contribution in [3.63, 3.8) is 0 Å². The first-order valence-corrected chi connectivity index (χ1v) is 5.95. The van der Waals surface area contributed by atoms with Crippen LogP contribution in [0.5, 0.6) is 0 Å². The predicted molar refractivity (Wildman–Crippen MR) is 74.8 cm³/mol. The minimum atomic E-state index is 0. The van der Waals surface area contributed by atoms with Crippen molar-refractivity contribution in [2.75, 3.05) is 5.32 Å². The summed E-state index contributed by atoms with van der Waals surface area (Å²) in [5.41, 5.74) is 3.91. The molecule has 0 heterocycles. The van der Waals surface area contributed by atoms with Crippen molar-refractivity contribution in [3.05, 3.63) is 42.1 Å². The third-order valence-corrected chi connectivity index (χ3v) is 2.45. The van der Waals surface area contributed by atoms with Gasteiger partial charge in [0.1, 0.15) is 0 Å². The quantitative estimate of drug-likeness (QED) is 0.762. The van der Waals surface area contributed by atoms with Crippen molar-refractivity contribution in [2.24, 2.45) is 5.41 Å². The lowest BCUT2D eigenvalue weighted by Gasteiger charge is -2.21. The second-order valence-electron chi connectivity index (χ2n) is 5.48. The van der Waals surface area contributed by atoms with Gasteiger partial charge in [0, 0.05) is 12.8 Å². The van der Waals surface area contributed by atoms with Gasteiger partial charge in [-0.2, -0.15) is 0 Å². The van der Waals surface area contributed by atoms with Crippen LogP contribution in [0.4, 0.5) is 5.69 Å². The van der Waals surface area contributed by atoms with Gasteiger partial charge in [-0.25, -0.2) is 0 Å². The Labute approximate surface area is 101 Å². The summed E-state index contributed by atoms with van der Waals surface area (Å²) < 4.78 is 0. The molecule has 1 nitrogen and oxygen atoms in total. The molecule has 0 aromatic heterocycles. The van der Waals surface area contributed by atoms with Crippen molar-refractivity contribution in [1.82, 2.24) is 0 Å². The van der Waals surface area contributed by atoms with Gasteiger partial charge in [0.15, 0.2) is 0 Å². The van der Waals surface area contributed by atoms with E-state index in [0.29, 0.717) is 0 Å². The minimum Gasteiger partial charge on any atom is -0.359 e. The molecule has 0 unspecified atom stereocenters. The van der Waals surface area contributed by atoms with Gasteiger partial charge in [-0.15, -0.1) is 0 Å². The second kappa shape index (κ2) is 5.20. The molecule has 0 spiro atoms. The highest BCUT2D eigenvalue weighted by atomic mass is 14.9. The molecule has 0 saturated heterocycles. The first-order valence-electron chi connectivity index (χ1n) is 5.95. The molecule has 90 valence electrons. The molecule has 0 aliphatic carbocycles. The molecule has 0 fully saturated rings. The van der Waals surface area contributed by atoms with E-state index in [0.717, 1.165) is 18.5 Å². The Bertz CT molecular complexity index is 363. The van der Waals surface area contributed by atoms with Crippen molar-refractivity contribution in [2.45, 2.75) is 40.5 Å². The number of nitrogens with one attached hydrogen (secondary N) is 1. The lowest BCUT2D eigenvalue weighted by Crippen LogP contribution is -2.11. The maximum atomic E-state index is 4.10. The van der Waals surface area contributed by atoms with Crippen LogP contribution in [0.1, 0.15) is 41.1 Å². The molecule has 16 heavy (non-hydrogen) atoms. The van der Waals surface area contributed by atoms with Gasteiger partial charge in [-0.1, -0.05) is 52.5 Å². The number of hydrogen-bond acceptors (Lipinski definition) is 1. The molecule has 1 rings (SSSR count). The Balaban J connectivity index is 0.00000256. The summed E-state index contributed by atoms with van der Waals surface area (Å²) in [4.78, 5) is 0. The van der Waals surface area contributed by atoms with E-state index in [9.17, 15) is 0 Å². The van der Waals surface area contributed by atoms with E-state index in [1.807, 2.05) is 0 Å². The maximum absolute atomic E-state index is 4.10. The lowest BCUT2D eigenvalue weighted by molar-refractivity contribution is 0.411. The number of rotatable bonds is 4. The SMILES string of the molecule is C=C(CC(C)(C)C)Nc1ccccc1CC.[HH]. The van der Waals surface area contributed by atoms with Crippen LogP contribution < -0.4 is 5.32 Å². The van der Waals surface area contributed by atoms with E-state index in [1.165, 1.54) is 11.3 Å². The zero-order valence-corrected chi connectivity index (χ0v) is 10.9. The molecule has 0 radical (unpaired) electrons. The molecule has 0 aliphatic heterocycles. The van der Waals surface area contributed by atoms with Crippen molar-refractivity contribution in [1.29, 1.82) is 0 Å². The number of hydrogen-bond donors (Lipinski definition) is 1. The minimum absolute atomic E-state index is 0. The first kappa shape index (κ1) is 12.8. The predicted octanol–water partition coefficient (Wildman–Crippen LogP) is 4.86. The molecule has 0 saturated carbocycles. The lowest BCUT2D eigenvalue weighted by atomic mass is 9.91. The fraction of sp³-hybridized carbons (Fsp3) is 0.467. The third kappa shape index (κ3) is 4.09. The molecule has 0 atom stereocenters. The van der Waals surface area contributed by atoms with Crippen LogP contribution in [0.2, 0.25) is 0 Å². The summed E-state index contributed by atoms with van der Waals surface area (Å²) in [7, 11) is 0. The van der Waals surface area contributed by atoms with Crippen molar-refractivity contribution >= 4 is 5.69 Å². The highest BCUT2D eigenvalue weighted by Gasteiger charge is 2.12. The monoisotopic (exact) mass is 219 g/mol. The van der Waals surface area contributed by atoms with E-state index in [1.54, 1.807) is 0 Å².